The molecular weight excluding hydrogens is 585 g/mol. The molecule has 6 rings (SSSR count). The lowest BCUT2D eigenvalue weighted by Gasteiger charge is -2.36. The third kappa shape index (κ3) is 3.79. The number of alkyl halides is 3. The van der Waals surface area contributed by atoms with Gasteiger partial charge in [0.15, 0.2) is 5.78 Å². The molecule has 0 bridgehead atoms. The van der Waals surface area contributed by atoms with Gasteiger partial charge in [0.25, 0.3) is 0 Å². The third-order valence-corrected chi connectivity index (χ3v) is 8.06. The average molecular weight is 602 g/mol. The van der Waals surface area contributed by atoms with Crippen LogP contribution in [0.5, 0.6) is 0 Å². The molecular formula is C28H17BrClF3N2O3. The van der Waals surface area contributed by atoms with E-state index < -0.39 is 47.5 Å². The Bertz CT molecular complexity index is 1540. The van der Waals surface area contributed by atoms with Crippen LogP contribution in [0.3, 0.4) is 0 Å². The fourth-order valence-electron chi connectivity index (χ4n) is 5.70. The van der Waals surface area contributed by atoms with Crippen molar-refractivity contribution < 1.29 is 27.6 Å². The van der Waals surface area contributed by atoms with Gasteiger partial charge in [-0.3, -0.25) is 14.4 Å². The van der Waals surface area contributed by atoms with E-state index in [2.05, 4.69) is 15.9 Å². The first kappa shape index (κ1) is 24.9. The predicted molar refractivity (Wildman–Crippen MR) is 140 cm³/mol. The van der Waals surface area contributed by atoms with Crippen LogP contribution in [0.15, 0.2) is 77.3 Å². The smallest absolute Gasteiger partial charge is 0.352 e. The molecule has 2 fully saturated rings. The summed E-state index contributed by atoms with van der Waals surface area (Å²) >= 11 is 9.53. The Labute approximate surface area is 228 Å². The summed E-state index contributed by atoms with van der Waals surface area (Å²) in [4.78, 5) is 44.2. The highest BCUT2D eigenvalue weighted by Crippen LogP contribution is 2.50. The maximum atomic E-state index is 14.0. The highest BCUT2D eigenvalue weighted by atomic mass is 79.9. The first-order chi connectivity index (χ1) is 18.1. The fraction of sp³-hybridized carbons (Fsp3) is 0.179. The second-order valence-corrected chi connectivity index (χ2v) is 10.7. The summed E-state index contributed by atoms with van der Waals surface area (Å²) in [5.41, 5.74) is 0.591. The molecule has 5 nitrogen and oxygen atoms in total. The Morgan fingerprint density at radius 1 is 0.921 bits per heavy atom. The Hall–Kier alpha value is -3.43. The lowest BCUT2D eigenvalue weighted by atomic mass is 9.86. The van der Waals surface area contributed by atoms with E-state index in [1.165, 1.54) is 6.07 Å². The zero-order valence-electron chi connectivity index (χ0n) is 19.3. The molecule has 0 spiro atoms. The third-order valence-electron chi connectivity index (χ3n) is 7.30. The van der Waals surface area contributed by atoms with E-state index in [-0.39, 0.29) is 11.5 Å². The van der Waals surface area contributed by atoms with Crippen LogP contribution >= 0.6 is 27.5 Å². The van der Waals surface area contributed by atoms with Crippen molar-refractivity contribution in [2.75, 3.05) is 9.80 Å². The number of hydrogen-bond acceptors (Lipinski definition) is 4. The number of Topliss-reactive ketones (excluding diaryl/α,β-unsaturated/α-hetero) is 1. The van der Waals surface area contributed by atoms with Gasteiger partial charge < -0.3 is 4.90 Å². The van der Waals surface area contributed by atoms with Crippen LogP contribution in [0, 0.1) is 11.8 Å². The number of carbonyl (C=O) groups is 3. The molecule has 0 aromatic heterocycles. The Morgan fingerprint density at radius 3 is 2.34 bits per heavy atom. The van der Waals surface area contributed by atoms with Crippen LogP contribution in [-0.2, 0) is 15.8 Å². The summed E-state index contributed by atoms with van der Waals surface area (Å²) in [7, 11) is 0. The van der Waals surface area contributed by atoms with Gasteiger partial charge in [-0.25, -0.2) is 4.90 Å². The van der Waals surface area contributed by atoms with E-state index in [0.717, 1.165) is 33.1 Å². The molecule has 4 atom stereocenters. The van der Waals surface area contributed by atoms with E-state index in [4.69, 9.17) is 11.6 Å². The van der Waals surface area contributed by atoms with Crippen LogP contribution in [0.4, 0.5) is 24.5 Å². The summed E-state index contributed by atoms with van der Waals surface area (Å²) in [6.45, 7) is 0. The summed E-state index contributed by atoms with van der Waals surface area (Å²) in [6, 6.07) is 14.2. The molecule has 3 aromatic carbocycles. The lowest BCUT2D eigenvalue weighted by molar-refractivity contribution is -0.137. The second-order valence-electron chi connectivity index (χ2n) is 9.39. The van der Waals surface area contributed by atoms with Crippen molar-refractivity contribution in [1.29, 1.82) is 0 Å². The molecule has 0 aliphatic carbocycles. The van der Waals surface area contributed by atoms with E-state index in [0.29, 0.717) is 16.3 Å². The molecule has 0 unspecified atom stereocenters. The molecule has 3 aliphatic heterocycles. The number of nitrogens with zero attached hydrogens (tertiary/aromatic N) is 2. The SMILES string of the molecule is O=C(c1ccc(Br)cc1)[C@@H]1[C@@H]2C(=O)N(c3cccc(C(F)(F)F)c3)C(=O)[C@H]2[C@H]2C=Cc3cc(Cl)ccc3N21. The molecule has 0 saturated carbocycles. The Morgan fingerprint density at radius 2 is 1.63 bits per heavy atom. The van der Waals surface area contributed by atoms with Crippen LogP contribution in [-0.4, -0.2) is 29.7 Å². The number of anilines is 2. The number of ketones is 1. The minimum atomic E-state index is -4.65. The van der Waals surface area contributed by atoms with Gasteiger partial charge in [0.2, 0.25) is 11.8 Å². The average Bonchev–Trinajstić information content (AvgIpc) is 3.36. The first-order valence-electron chi connectivity index (χ1n) is 11.7. The van der Waals surface area contributed by atoms with E-state index in [1.54, 1.807) is 59.5 Å². The highest BCUT2D eigenvalue weighted by molar-refractivity contribution is 9.10. The lowest BCUT2D eigenvalue weighted by Crippen LogP contribution is -2.48. The summed E-state index contributed by atoms with van der Waals surface area (Å²) in [5.74, 6) is -3.75. The van der Waals surface area contributed by atoms with Gasteiger partial charge in [-0.2, -0.15) is 13.2 Å². The monoisotopic (exact) mass is 600 g/mol. The maximum Gasteiger partial charge on any atom is 0.416 e. The van der Waals surface area contributed by atoms with Gasteiger partial charge in [0, 0.05) is 20.7 Å². The van der Waals surface area contributed by atoms with Crippen molar-refractivity contribution in [3.8, 4) is 0 Å². The molecule has 3 aliphatic rings. The highest BCUT2D eigenvalue weighted by Gasteiger charge is 2.64. The molecule has 0 N–H and O–H groups in total. The molecule has 10 heteroatoms. The van der Waals surface area contributed by atoms with Crippen LogP contribution < -0.4 is 9.80 Å². The van der Waals surface area contributed by atoms with Crippen molar-refractivity contribution in [2.45, 2.75) is 18.3 Å². The van der Waals surface area contributed by atoms with Gasteiger partial charge in [0.1, 0.15) is 6.04 Å². The number of hydrogen-bond donors (Lipinski definition) is 0. The zero-order chi connectivity index (χ0) is 26.9. The van der Waals surface area contributed by atoms with Crippen LogP contribution in [0.1, 0.15) is 21.5 Å². The fourth-order valence-corrected chi connectivity index (χ4v) is 6.15. The van der Waals surface area contributed by atoms with Crippen molar-refractivity contribution in [3.05, 3.63) is 99.0 Å². The molecule has 2 saturated heterocycles. The van der Waals surface area contributed by atoms with Crippen molar-refractivity contribution in [2.24, 2.45) is 11.8 Å². The number of amides is 2. The number of rotatable bonds is 3. The molecule has 2 amide bonds. The molecule has 192 valence electrons. The van der Waals surface area contributed by atoms with E-state index >= 15 is 0 Å². The van der Waals surface area contributed by atoms with Crippen molar-refractivity contribution in [1.82, 2.24) is 0 Å². The quantitative estimate of drug-likeness (QED) is 0.258. The number of fused-ring (bicyclic) bond motifs is 5. The van der Waals surface area contributed by atoms with Gasteiger partial charge >= 0.3 is 6.18 Å². The number of halogens is 5. The predicted octanol–water partition coefficient (Wildman–Crippen LogP) is 6.39. The molecule has 38 heavy (non-hydrogen) atoms. The van der Waals surface area contributed by atoms with Crippen molar-refractivity contribution >= 4 is 62.6 Å². The summed E-state index contributed by atoms with van der Waals surface area (Å²) in [5, 5.41) is 0.491. The maximum absolute atomic E-state index is 14.0. The minimum absolute atomic E-state index is 0.169. The number of benzene rings is 3. The van der Waals surface area contributed by atoms with E-state index in [1.807, 2.05) is 0 Å². The molecule has 0 radical (unpaired) electrons. The number of carbonyl (C=O) groups excluding carboxylic acids is 3. The van der Waals surface area contributed by atoms with Gasteiger partial charge in [-0.1, -0.05) is 57.9 Å². The molecule has 3 aromatic rings. The standard InChI is InChI=1S/C28H17BrClF3N2O3/c29-17-7-4-14(5-8-17)25(36)24-23-22(21-10-6-15-12-18(30)9-11-20(15)35(21)24)26(37)34(27(23)38)19-3-1-2-16(13-19)28(31,32)33/h1-13,21-24H/t21-,22+,23-,24+/m1/s1. The van der Waals surface area contributed by atoms with Crippen LogP contribution in [0.25, 0.3) is 6.08 Å². The first-order valence-corrected chi connectivity index (χ1v) is 12.8. The Kier molecular flexibility index (Phi) is 5.77. The zero-order valence-corrected chi connectivity index (χ0v) is 21.7. The normalized spacial score (nSPS) is 23.9. The van der Waals surface area contributed by atoms with Gasteiger partial charge in [-0.15, -0.1) is 0 Å². The topological polar surface area (TPSA) is 57.7 Å². The van der Waals surface area contributed by atoms with Crippen molar-refractivity contribution in [3.63, 3.8) is 0 Å². The molecule has 3 heterocycles. The number of imide groups is 1. The second kappa shape index (κ2) is 8.81. The largest absolute Gasteiger partial charge is 0.416 e. The van der Waals surface area contributed by atoms with Crippen LogP contribution in [0.2, 0.25) is 5.02 Å². The summed E-state index contributed by atoms with van der Waals surface area (Å²) < 4.78 is 40.9. The minimum Gasteiger partial charge on any atom is -0.352 e. The van der Waals surface area contributed by atoms with Gasteiger partial charge in [-0.05, 0) is 54.1 Å². The van der Waals surface area contributed by atoms with E-state index in [9.17, 15) is 27.6 Å². The summed E-state index contributed by atoms with van der Waals surface area (Å²) in [6.07, 6.45) is -1.10. The van der Waals surface area contributed by atoms with Gasteiger partial charge in [0.05, 0.1) is 29.1 Å². The Balaban J connectivity index is 1.48.